The number of piperidine rings is 1. The van der Waals surface area contributed by atoms with Crippen LogP contribution in [0.4, 0.5) is 5.69 Å². The van der Waals surface area contributed by atoms with E-state index < -0.39 is 0 Å². The van der Waals surface area contributed by atoms with E-state index in [2.05, 4.69) is 10.6 Å². The Labute approximate surface area is 125 Å². The van der Waals surface area contributed by atoms with E-state index in [1.165, 1.54) is 0 Å². The minimum absolute atomic E-state index is 0. The third kappa shape index (κ3) is 3.85. The second-order valence-electron chi connectivity index (χ2n) is 5.25. The van der Waals surface area contributed by atoms with Gasteiger partial charge in [-0.2, -0.15) is 0 Å². The van der Waals surface area contributed by atoms with Gasteiger partial charge in [-0.05, 0) is 57.0 Å². The molecule has 1 aliphatic rings. The van der Waals surface area contributed by atoms with Crippen molar-refractivity contribution in [3.8, 4) is 0 Å². The van der Waals surface area contributed by atoms with Gasteiger partial charge in [0.2, 0.25) is 5.91 Å². The lowest BCUT2D eigenvalue weighted by atomic mass is 9.82. The highest BCUT2D eigenvalue weighted by Crippen LogP contribution is 2.28. The van der Waals surface area contributed by atoms with E-state index in [1.54, 1.807) is 6.07 Å². The molecule has 2 N–H and O–H groups in total. The van der Waals surface area contributed by atoms with Crippen LogP contribution in [-0.2, 0) is 4.79 Å². The van der Waals surface area contributed by atoms with E-state index in [1.807, 2.05) is 26.0 Å². The average molecular weight is 303 g/mol. The summed E-state index contributed by atoms with van der Waals surface area (Å²) < 4.78 is 0. The maximum atomic E-state index is 12.3. The number of carbonyl (C=O) groups is 1. The van der Waals surface area contributed by atoms with E-state index in [4.69, 9.17) is 11.6 Å². The van der Waals surface area contributed by atoms with Crippen LogP contribution in [0.2, 0.25) is 5.02 Å². The average Bonchev–Trinajstić information content (AvgIpc) is 2.33. The highest BCUT2D eigenvalue weighted by atomic mass is 35.5. The number of aryl methyl sites for hydroxylation is 1. The second-order valence-corrected chi connectivity index (χ2v) is 5.69. The van der Waals surface area contributed by atoms with Crippen LogP contribution in [0, 0.1) is 12.3 Å². The van der Waals surface area contributed by atoms with Crippen molar-refractivity contribution in [1.29, 1.82) is 0 Å². The van der Waals surface area contributed by atoms with Gasteiger partial charge in [-0.15, -0.1) is 12.4 Å². The summed E-state index contributed by atoms with van der Waals surface area (Å²) in [5.41, 5.74) is 1.52. The van der Waals surface area contributed by atoms with Gasteiger partial charge in [-0.1, -0.05) is 11.6 Å². The first kappa shape index (κ1) is 16.3. The molecule has 0 bridgehead atoms. The Balaban J connectivity index is 0.00000180. The molecular formula is C14H20Cl2N2O. The molecule has 5 heteroatoms. The minimum Gasteiger partial charge on any atom is -0.325 e. The first-order chi connectivity index (χ1) is 8.51. The molecule has 0 aromatic heterocycles. The van der Waals surface area contributed by atoms with Crippen LogP contribution in [0.25, 0.3) is 0 Å². The van der Waals surface area contributed by atoms with Gasteiger partial charge in [0.15, 0.2) is 0 Å². The molecule has 0 aliphatic carbocycles. The van der Waals surface area contributed by atoms with E-state index in [-0.39, 0.29) is 23.7 Å². The van der Waals surface area contributed by atoms with Crippen molar-refractivity contribution in [3.05, 3.63) is 28.8 Å². The van der Waals surface area contributed by atoms with Crippen LogP contribution >= 0.6 is 24.0 Å². The zero-order valence-corrected chi connectivity index (χ0v) is 12.8. The topological polar surface area (TPSA) is 41.1 Å². The smallest absolute Gasteiger partial charge is 0.231 e. The Kier molecular flexibility index (Phi) is 5.65. The highest BCUT2D eigenvalue weighted by Gasteiger charge is 2.34. The maximum Gasteiger partial charge on any atom is 0.231 e. The Hall–Kier alpha value is -0.770. The third-order valence-corrected chi connectivity index (χ3v) is 3.82. The predicted octanol–water partition coefficient (Wildman–Crippen LogP) is 3.40. The molecule has 1 saturated heterocycles. The van der Waals surface area contributed by atoms with Gasteiger partial charge in [0, 0.05) is 17.3 Å². The van der Waals surface area contributed by atoms with Crippen molar-refractivity contribution in [2.24, 2.45) is 5.41 Å². The van der Waals surface area contributed by atoms with Crippen molar-refractivity contribution in [1.82, 2.24) is 5.32 Å². The molecule has 1 heterocycles. The number of benzene rings is 1. The normalized spacial score (nSPS) is 22.5. The molecule has 19 heavy (non-hydrogen) atoms. The van der Waals surface area contributed by atoms with Crippen LogP contribution in [0.15, 0.2) is 18.2 Å². The van der Waals surface area contributed by atoms with Crippen LogP contribution in [0.5, 0.6) is 0 Å². The molecule has 1 unspecified atom stereocenters. The molecule has 3 nitrogen and oxygen atoms in total. The fraction of sp³-hybridized carbons (Fsp3) is 0.500. The number of hydrogen-bond acceptors (Lipinski definition) is 2. The van der Waals surface area contributed by atoms with Crippen LogP contribution in [0.1, 0.15) is 25.3 Å². The van der Waals surface area contributed by atoms with E-state index >= 15 is 0 Å². The molecule has 0 spiro atoms. The number of anilines is 1. The number of amides is 1. The number of nitrogens with one attached hydrogen (secondary N) is 2. The molecule has 1 aromatic carbocycles. The number of halogens is 2. The molecule has 1 aliphatic heterocycles. The zero-order chi connectivity index (χ0) is 13.2. The van der Waals surface area contributed by atoms with Crippen LogP contribution in [-0.4, -0.2) is 19.0 Å². The van der Waals surface area contributed by atoms with Gasteiger partial charge in [0.1, 0.15) is 0 Å². The van der Waals surface area contributed by atoms with Gasteiger partial charge in [-0.3, -0.25) is 4.79 Å². The van der Waals surface area contributed by atoms with Gasteiger partial charge in [0.05, 0.1) is 5.41 Å². The Bertz CT molecular complexity index is 457. The second kappa shape index (κ2) is 6.60. The quantitative estimate of drug-likeness (QED) is 0.879. The van der Waals surface area contributed by atoms with E-state index in [0.717, 1.165) is 37.2 Å². The standard InChI is InChI=1S/C14H19ClN2O.ClH/c1-10-8-11(15)4-5-12(10)17-13(18)14(2)6-3-7-16-9-14;/h4-5,8,16H,3,6-7,9H2,1-2H3,(H,17,18);1H. The Morgan fingerprint density at radius 2 is 2.21 bits per heavy atom. The third-order valence-electron chi connectivity index (χ3n) is 3.58. The van der Waals surface area contributed by atoms with Crippen molar-refractivity contribution < 1.29 is 4.79 Å². The van der Waals surface area contributed by atoms with Crippen LogP contribution in [0.3, 0.4) is 0 Å². The SMILES string of the molecule is Cc1cc(Cl)ccc1NC(=O)C1(C)CCCNC1.Cl. The lowest BCUT2D eigenvalue weighted by Crippen LogP contribution is -2.46. The van der Waals surface area contributed by atoms with Gasteiger partial charge in [0.25, 0.3) is 0 Å². The summed E-state index contributed by atoms with van der Waals surface area (Å²) >= 11 is 5.91. The number of hydrogen-bond donors (Lipinski definition) is 2. The highest BCUT2D eigenvalue weighted by molar-refractivity contribution is 6.30. The van der Waals surface area contributed by atoms with Crippen molar-refractivity contribution in [2.45, 2.75) is 26.7 Å². The number of rotatable bonds is 2. The first-order valence-electron chi connectivity index (χ1n) is 6.30. The molecule has 1 fully saturated rings. The molecule has 1 atom stereocenters. The molecule has 2 rings (SSSR count). The molecule has 0 radical (unpaired) electrons. The predicted molar refractivity (Wildman–Crippen MR) is 82.3 cm³/mol. The first-order valence-corrected chi connectivity index (χ1v) is 6.67. The minimum atomic E-state index is -0.315. The lowest BCUT2D eigenvalue weighted by molar-refractivity contribution is -0.125. The molecule has 1 amide bonds. The largest absolute Gasteiger partial charge is 0.325 e. The van der Waals surface area contributed by atoms with E-state index in [0.29, 0.717) is 5.02 Å². The Morgan fingerprint density at radius 3 is 2.79 bits per heavy atom. The summed E-state index contributed by atoms with van der Waals surface area (Å²) in [5.74, 6) is 0.0834. The summed E-state index contributed by atoms with van der Waals surface area (Å²) in [6.07, 6.45) is 1.97. The van der Waals surface area contributed by atoms with Gasteiger partial charge < -0.3 is 10.6 Å². The summed E-state index contributed by atoms with van der Waals surface area (Å²) in [6, 6.07) is 5.51. The van der Waals surface area contributed by atoms with Gasteiger partial charge >= 0.3 is 0 Å². The van der Waals surface area contributed by atoms with Crippen molar-refractivity contribution in [2.75, 3.05) is 18.4 Å². The van der Waals surface area contributed by atoms with Crippen LogP contribution < -0.4 is 10.6 Å². The Morgan fingerprint density at radius 1 is 1.47 bits per heavy atom. The molecule has 0 saturated carbocycles. The maximum absolute atomic E-state index is 12.3. The monoisotopic (exact) mass is 302 g/mol. The summed E-state index contributed by atoms with van der Waals surface area (Å²) in [5, 5.41) is 6.98. The summed E-state index contributed by atoms with van der Waals surface area (Å²) in [6.45, 7) is 5.71. The number of carbonyl (C=O) groups excluding carboxylic acids is 1. The van der Waals surface area contributed by atoms with Gasteiger partial charge in [-0.25, -0.2) is 0 Å². The molecule has 106 valence electrons. The van der Waals surface area contributed by atoms with Crippen molar-refractivity contribution in [3.63, 3.8) is 0 Å². The fourth-order valence-electron chi connectivity index (χ4n) is 2.29. The zero-order valence-electron chi connectivity index (χ0n) is 11.3. The summed E-state index contributed by atoms with van der Waals surface area (Å²) in [4.78, 5) is 12.3. The molecular weight excluding hydrogens is 283 g/mol. The van der Waals surface area contributed by atoms with E-state index in [9.17, 15) is 4.79 Å². The fourth-order valence-corrected chi connectivity index (χ4v) is 2.52. The lowest BCUT2D eigenvalue weighted by Gasteiger charge is -2.32. The summed E-state index contributed by atoms with van der Waals surface area (Å²) in [7, 11) is 0. The van der Waals surface area contributed by atoms with Crippen molar-refractivity contribution >= 4 is 35.6 Å². The molecule has 1 aromatic rings.